The van der Waals surface area contributed by atoms with Gasteiger partial charge in [-0.2, -0.15) is 0 Å². The Morgan fingerprint density at radius 2 is 1.92 bits per heavy atom. The molecule has 1 aliphatic heterocycles. The molecule has 12 heavy (non-hydrogen) atoms. The SMILES string of the molecule is Fc1cccc2c1OC(F)(F)O2. The maximum absolute atomic E-state index is 12.7. The molecular weight excluding hydrogens is 173 g/mol. The lowest BCUT2D eigenvalue weighted by atomic mass is 10.3. The van der Waals surface area contributed by atoms with Crippen molar-refractivity contribution in [1.29, 1.82) is 0 Å². The number of hydrogen-bond donors (Lipinski definition) is 0. The summed E-state index contributed by atoms with van der Waals surface area (Å²) in [5, 5.41) is 0. The molecule has 1 aromatic rings. The highest BCUT2D eigenvalue weighted by Gasteiger charge is 2.44. The Bertz CT molecular complexity index is 324. The summed E-state index contributed by atoms with van der Waals surface area (Å²) in [6.07, 6.45) is -3.75. The summed E-state index contributed by atoms with van der Waals surface area (Å²) in [5.74, 6) is -1.67. The minimum absolute atomic E-state index is 0.278. The van der Waals surface area contributed by atoms with Crippen molar-refractivity contribution in [2.24, 2.45) is 0 Å². The van der Waals surface area contributed by atoms with E-state index in [1.807, 2.05) is 0 Å². The zero-order valence-electron chi connectivity index (χ0n) is 5.68. The van der Waals surface area contributed by atoms with E-state index < -0.39 is 17.9 Å². The zero-order valence-corrected chi connectivity index (χ0v) is 5.68. The molecule has 5 heteroatoms. The molecule has 1 heterocycles. The third-order valence-corrected chi connectivity index (χ3v) is 1.38. The van der Waals surface area contributed by atoms with E-state index in [2.05, 4.69) is 9.47 Å². The van der Waals surface area contributed by atoms with Crippen molar-refractivity contribution in [3.63, 3.8) is 0 Å². The summed E-state index contributed by atoms with van der Waals surface area (Å²) in [6, 6.07) is 3.49. The molecule has 2 nitrogen and oxygen atoms in total. The van der Waals surface area contributed by atoms with Gasteiger partial charge in [-0.3, -0.25) is 0 Å². The molecule has 0 spiro atoms. The first-order valence-corrected chi connectivity index (χ1v) is 3.13. The van der Waals surface area contributed by atoms with Gasteiger partial charge in [0, 0.05) is 0 Å². The topological polar surface area (TPSA) is 18.5 Å². The number of fused-ring (bicyclic) bond motifs is 1. The number of ether oxygens (including phenoxy) is 2. The van der Waals surface area contributed by atoms with Gasteiger partial charge in [-0.05, 0) is 12.1 Å². The molecule has 0 atom stereocenters. The van der Waals surface area contributed by atoms with Crippen LogP contribution < -0.4 is 9.47 Å². The van der Waals surface area contributed by atoms with E-state index in [0.29, 0.717) is 0 Å². The Kier molecular flexibility index (Phi) is 1.25. The Morgan fingerprint density at radius 3 is 2.58 bits per heavy atom. The largest absolute Gasteiger partial charge is 0.586 e. The second-order valence-electron chi connectivity index (χ2n) is 2.23. The van der Waals surface area contributed by atoms with Gasteiger partial charge in [0.1, 0.15) is 0 Å². The van der Waals surface area contributed by atoms with E-state index in [-0.39, 0.29) is 5.75 Å². The molecule has 1 aliphatic rings. The van der Waals surface area contributed by atoms with Crippen LogP contribution in [0.1, 0.15) is 0 Å². The number of hydrogen-bond acceptors (Lipinski definition) is 2. The van der Waals surface area contributed by atoms with Crippen LogP contribution in [0.2, 0.25) is 0 Å². The van der Waals surface area contributed by atoms with E-state index in [4.69, 9.17) is 0 Å². The second kappa shape index (κ2) is 2.06. The normalized spacial score (nSPS) is 17.9. The van der Waals surface area contributed by atoms with Crippen LogP contribution >= 0.6 is 0 Å². The Labute approximate surface area is 65.5 Å². The summed E-state index contributed by atoms with van der Waals surface area (Å²) in [7, 11) is 0. The monoisotopic (exact) mass is 176 g/mol. The van der Waals surface area contributed by atoms with E-state index in [1.165, 1.54) is 12.1 Å². The molecule has 0 aliphatic carbocycles. The van der Waals surface area contributed by atoms with Gasteiger partial charge >= 0.3 is 6.29 Å². The maximum Gasteiger partial charge on any atom is 0.586 e. The summed E-state index contributed by atoms with van der Waals surface area (Å²) in [4.78, 5) is 0. The molecule has 0 aromatic heterocycles. The number of rotatable bonds is 0. The van der Waals surface area contributed by atoms with Crippen LogP contribution in [-0.2, 0) is 0 Å². The lowest BCUT2D eigenvalue weighted by Gasteiger charge is -2.04. The van der Waals surface area contributed by atoms with Gasteiger partial charge in [-0.15, -0.1) is 8.78 Å². The lowest BCUT2D eigenvalue weighted by molar-refractivity contribution is -0.287. The van der Waals surface area contributed by atoms with Crippen molar-refractivity contribution in [2.45, 2.75) is 6.29 Å². The fourth-order valence-electron chi connectivity index (χ4n) is 0.936. The van der Waals surface area contributed by atoms with E-state index in [1.54, 1.807) is 0 Å². The standard InChI is InChI=1S/C7H3F3O2/c8-4-2-1-3-5-6(4)12-7(9,10)11-5/h1-3H. The molecule has 0 unspecified atom stereocenters. The quantitative estimate of drug-likeness (QED) is 0.602. The van der Waals surface area contributed by atoms with Gasteiger partial charge in [0.15, 0.2) is 11.6 Å². The molecule has 0 amide bonds. The first kappa shape index (κ1) is 7.27. The first-order valence-electron chi connectivity index (χ1n) is 3.13. The number of halogens is 3. The minimum atomic E-state index is -3.75. The molecule has 1 aromatic carbocycles. The van der Waals surface area contributed by atoms with Gasteiger partial charge in [-0.25, -0.2) is 4.39 Å². The third kappa shape index (κ3) is 0.975. The van der Waals surface area contributed by atoms with Crippen LogP contribution in [0.4, 0.5) is 13.2 Å². The summed E-state index contributed by atoms with van der Waals surface area (Å²) in [5.41, 5.74) is 0. The van der Waals surface area contributed by atoms with Crippen LogP contribution in [0, 0.1) is 5.82 Å². The Hall–Kier alpha value is -1.39. The predicted molar refractivity (Wildman–Crippen MR) is 32.6 cm³/mol. The lowest BCUT2D eigenvalue weighted by Crippen LogP contribution is -2.26. The van der Waals surface area contributed by atoms with Gasteiger partial charge < -0.3 is 9.47 Å². The zero-order chi connectivity index (χ0) is 8.77. The molecule has 0 fully saturated rings. The molecule has 0 N–H and O–H groups in total. The molecule has 0 bridgehead atoms. The highest BCUT2D eigenvalue weighted by molar-refractivity contribution is 5.43. The third-order valence-electron chi connectivity index (χ3n) is 1.38. The van der Waals surface area contributed by atoms with Gasteiger partial charge in [-0.1, -0.05) is 6.07 Å². The molecule has 0 saturated heterocycles. The van der Waals surface area contributed by atoms with Crippen molar-refractivity contribution in [1.82, 2.24) is 0 Å². The number of para-hydroxylation sites is 1. The summed E-state index contributed by atoms with van der Waals surface area (Å²) >= 11 is 0. The molecule has 0 saturated carbocycles. The Balaban J connectivity index is 2.48. The molecule has 2 rings (SSSR count). The van der Waals surface area contributed by atoms with E-state index in [9.17, 15) is 13.2 Å². The average molecular weight is 176 g/mol. The summed E-state index contributed by atoms with van der Waals surface area (Å²) in [6.45, 7) is 0. The molecular formula is C7H3F3O2. The smallest absolute Gasteiger partial charge is 0.395 e. The highest BCUT2D eigenvalue weighted by Crippen LogP contribution is 2.42. The van der Waals surface area contributed by atoms with Gasteiger partial charge in [0.05, 0.1) is 0 Å². The van der Waals surface area contributed by atoms with Crippen LogP contribution in [0.15, 0.2) is 18.2 Å². The van der Waals surface area contributed by atoms with Crippen LogP contribution in [0.3, 0.4) is 0 Å². The first-order chi connectivity index (χ1) is 5.58. The summed E-state index contributed by atoms with van der Waals surface area (Å²) < 4.78 is 45.2. The fraction of sp³-hybridized carbons (Fsp3) is 0.143. The predicted octanol–water partition coefficient (Wildman–Crippen LogP) is 2.15. The van der Waals surface area contributed by atoms with Crippen molar-refractivity contribution in [3.8, 4) is 11.5 Å². The Morgan fingerprint density at radius 1 is 1.17 bits per heavy atom. The van der Waals surface area contributed by atoms with Crippen molar-refractivity contribution in [2.75, 3.05) is 0 Å². The van der Waals surface area contributed by atoms with Crippen molar-refractivity contribution < 1.29 is 22.6 Å². The van der Waals surface area contributed by atoms with Gasteiger partial charge in [0.2, 0.25) is 5.75 Å². The average Bonchev–Trinajstić information content (AvgIpc) is 2.25. The van der Waals surface area contributed by atoms with E-state index >= 15 is 0 Å². The molecule has 0 radical (unpaired) electrons. The number of benzene rings is 1. The van der Waals surface area contributed by atoms with E-state index in [0.717, 1.165) is 6.07 Å². The maximum atomic E-state index is 12.7. The fourth-order valence-corrected chi connectivity index (χ4v) is 0.936. The van der Waals surface area contributed by atoms with Crippen molar-refractivity contribution >= 4 is 0 Å². The van der Waals surface area contributed by atoms with Crippen LogP contribution in [-0.4, -0.2) is 6.29 Å². The number of alkyl halides is 2. The van der Waals surface area contributed by atoms with Crippen LogP contribution in [0.25, 0.3) is 0 Å². The van der Waals surface area contributed by atoms with Crippen LogP contribution in [0.5, 0.6) is 11.5 Å². The second-order valence-corrected chi connectivity index (χ2v) is 2.23. The molecule has 64 valence electrons. The minimum Gasteiger partial charge on any atom is -0.395 e. The van der Waals surface area contributed by atoms with Crippen molar-refractivity contribution in [3.05, 3.63) is 24.0 Å². The van der Waals surface area contributed by atoms with Gasteiger partial charge in [0.25, 0.3) is 0 Å². The highest BCUT2D eigenvalue weighted by atomic mass is 19.3.